The molecule has 0 spiro atoms. The van der Waals surface area contributed by atoms with E-state index in [1.807, 2.05) is 0 Å². The van der Waals surface area contributed by atoms with Crippen LogP contribution in [0.2, 0.25) is 0 Å². The van der Waals surface area contributed by atoms with E-state index in [2.05, 4.69) is 81.4 Å². The number of halogens is 4. The van der Waals surface area contributed by atoms with E-state index in [0.29, 0.717) is 0 Å². The molecule has 0 aromatic carbocycles. The van der Waals surface area contributed by atoms with Crippen molar-refractivity contribution in [3.05, 3.63) is 0 Å². The molecule has 0 aliphatic heterocycles. The fourth-order valence-electron chi connectivity index (χ4n) is 0. The summed E-state index contributed by atoms with van der Waals surface area (Å²) in [5, 5.41) is 0. The Morgan fingerprint density at radius 1 is 0.556 bits per heavy atom. The van der Waals surface area contributed by atoms with Crippen LogP contribution < -0.4 is 0 Å². The van der Waals surface area contributed by atoms with E-state index in [0.717, 1.165) is 0 Å². The van der Waals surface area contributed by atoms with Crippen LogP contribution in [-0.2, 0) is -0.154 Å². The summed E-state index contributed by atoms with van der Waals surface area (Å²) >= 11 is 9.91. The van der Waals surface area contributed by atoms with Crippen LogP contribution in [0.3, 0.4) is 0 Å². The van der Waals surface area contributed by atoms with E-state index in [1.165, 1.54) is 0 Å². The van der Waals surface area contributed by atoms with E-state index in [4.69, 9.17) is 0 Å². The van der Waals surface area contributed by atoms with Crippen molar-refractivity contribution in [3.8, 4) is 0 Å². The van der Waals surface area contributed by atoms with E-state index >= 15 is 0 Å². The Labute approximate surface area is 101 Å². The zero-order valence-corrected chi connectivity index (χ0v) is 13.7. The van der Waals surface area contributed by atoms with Crippen molar-refractivity contribution >= 4 is 81.4 Å². The normalized spacial score (nSPS) is 8.44. The molecule has 0 aliphatic rings. The van der Waals surface area contributed by atoms with Crippen LogP contribution in [0.25, 0.3) is 0 Å². The van der Waals surface area contributed by atoms with Gasteiger partial charge in [0.25, 0.3) is 0 Å². The SMILES string of the molecule is O.O.O.O.[I][Mn]([I])([I])[I]. The zero-order valence-electron chi connectivity index (χ0n) is 3.89. The van der Waals surface area contributed by atoms with Gasteiger partial charge in [0, 0.05) is 0 Å². The van der Waals surface area contributed by atoms with Crippen molar-refractivity contribution in [2.45, 2.75) is 0 Å². The minimum atomic E-state index is -0.745. The van der Waals surface area contributed by atoms with Gasteiger partial charge in [0.05, 0.1) is 0 Å². The molecule has 0 amide bonds. The molecule has 0 aliphatic carbocycles. The van der Waals surface area contributed by atoms with Gasteiger partial charge in [-0.05, 0) is 0 Å². The van der Waals surface area contributed by atoms with Crippen molar-refractivity contribution in [1.29, 1.82) is 0 Å². The Morgan fingerprint density at radius 3 is 0.556 bits per heavy atom. The van der Waals surface area contributed by atoms with Crippen molar-refractivity contribution in [2.24, 2.45) is 0 Å². The number of hydrogen-bond donors (Lipinski definition) is 0. The maximum atomic E-state index is 2.48. The van der Waals surface area contributed by atoms with Crippen molar-refractivity contribution in [1.82, 2.24) is 0 Å². The minimum absolute atomic E-state index is 0. The molecule has 0 rings (SSSR count). The third-order valence-electron chi connectivity index (χ3n) is 0. The van der Waals surface area contributed by atoms with Crippen molar-refractivity contribution in [3.63, 3.8) is 0 Å². The molecule has 67 valence electrons. The summed E-state index contributed by atoms with van der Waals surface area (Å²) < 4.78 is -0.745. The molecule has 0 bridgehead atoms. The summed E-state index contributed by atoms with van der Waals surface area (Å²) in [6.45, 7) is 0. The summed E-state index contributed by atoms with van der Waals surface area (Å²) in [5.74, 6) is 0. The molecule has 0 saturated heterocycles. The van der Waals surface area contributed by atoms with E-state index < -0.39 is -0.154 Å². The molecule has 9 heavy (non-hydrogen) atoms. The quantitative estimate of drug-likeness (QED) is 0.268. The first kappa shape index (κ1) is 29.5. The van der Waals surface area contributed by atoms with Gasteiger partial charge in [0.15, 0.2) is 0 Å². The molecular formula is H8I4MnO4. The predicted molar refractivity (Wildman–Crippen MR) is 70.5 cm³/mol. The van der Waals surface area contributed by atoms with Gasteiger partial charge < -0.3 is 21.9 Å². The molecule has 0 aromatic rings. The summed E-state index contributed by atoms with van der Waals surface area (Å²) in [6, 6.07) is 0. The zero-order chi connectivity index (χ0) is 4.50. The maximum absolute atomic E-state index is 2.48. The van der Waals surface area contributed by atoms with Crippen LogP contribution in [0.15, 0.2) is 0 Å². The molecule has 0 fully saturated rings. The summed E-state index contributed by atoms with van der Waals surface area (Å²) in [4.78, 5) is 0. The first-order valence-electron chi connectivity index (χ1n) is 0.571. The molecule has 0 saturated carbocycles. The van der Waals surface area contributed by atoms with Crippen molar-refractivity contribution < 1.29 is 21.8 Å². The van der Waals surface area contributed by atoms with Gasteiger partial charge in [-0.3, -0.25) is 0 Å². The van der Waals surface area contributed by atoms with Gasteiger partial charge in [-0.15, -0.1) is 0 Å². The number of hydrogen-bond acceptors (Lipinski definition) is 0. The van der Waals surface area contributed by atoms with Crippen LogP contribution in [0.1, 0.15) is 0 Å². The number of rotatable bonds is 0. The molecule has 0 aromatic heterocycles. The van der Waals surface area contributed by atoms with Crippen LogP contribution in [0, 0.1) is 0 Å². The molecule has 0 heterocycles. The van der Waals surface area contributed by atoms with Gasteiger partial charge in [0.1, 0.15) is 0 Å². The molecule has 0 unspecified atom stereocenters. The summed E-state index contributed by atoms with van der Waals surface area (Å²) in [7, 11) is 0. The topological polar surface area (TPSA) is 126 Å². The Hall–Kier alpha value is 3.28. The second-order valence-corrected chi connectivity index (χ2v) is 60.1. The van der Waals surface area contributed by atoms with Gasteiger partial charge in [-0.1, -0.05) is 0 Å². The fourth-order valence-corrected chi connectivity index (χ4v) is 0. The second-order valence-electron chi connectivity index (χ2n) is 0.324. The Kier molecular flexibility index (Phi) is 45.3. The fraction of sp³-hybridized carbons (Fsp3) is 0. The molecule has 9 heteroatoms. The third-order valence-corrected chi connectivity index (χ3v) is 0. The van der Waals surface area contributed by atoms with Crippen molar-refractivity contribution in [2.75, 3.05) is 0 Å². The predicted octanol–water partition coefficient (Wildman–Crippen LogP) is 0.241. The Balaban J connectivity index is -0.0000000133. The molecule has 8 N–H and O–H groups in total. The van der Waals surface area contributed by atoms with E-state index in [1.54, 1.807) is 0 Å². The molecule has 0 atom stereocenters. The first-order chi connectivity index (χ1) is 2.00. The standard InChI is InChI=1S/4HI.Mn.4H2O/h4*1H;;4*1H2/q;;;;+4;;;;/p-4. The summed E-state index contributed by atoms with van der Waals surface area (Å²) in [5.41, 5.74) is 0. The third kappa shape index (κ3) is 90.3. The Bertz CT molecular complexity index is 28.0. The average molecular weight is 635 g/mol. The van der Waals surface area contributed by atoms with E-state index in [9.17, 15) is 0 Å². The molecule has 0 radical (unpaired) electrons. The van der Waals surface area contributed by atoms with Crippen LogP contribution in [0.4, 0.5) is 0 Å². The average Bonchev–Trinajstić information content (AvgIpc) is 0.722. The Morgan fingerprint density at radius 2 is 0.556 bits per heavy atom. The monoisotopic (exact) mass is 635 g/mol. The first-order valence-corrected chi connectivity index (χ1v) is 15.8. The van der Waals surface area contributed by atoms with Crippen LogP contribution in [0.5, 0.6) is 0 Å². The van der Waals surface area contributed by atoms with Gasteiger partial charge >= 0.3 is 81.2 Å². The van der Waals surface area contributed by atoms with Gasteiger partial charge in [0.2, 0.25) is 0 Å². The van der Waals surface area contributed by atoms with Crippen LogP contribution >= 0.6 is 81.4 Å². The van der Waals surface area contributed by atoms with E-state index in [-0.39, 0.29) is 21.9 Å². The van der Waals surface area contributed by atoms with Gasteiger partial charge in [-0.25, -0.2) is 0 Å². The van der Waals surface area contributed by atoms with Crippen LogP contribution in [-0.4, -0.2) is 21.9 Å². The second kappa shape index (κ2) is 13.8. The van der Waals surface area contributed by atoms with Gasteiger partial charge in [-0.2, -0.15) is 0 Å². The molecular weight excluding hydrogens is 627 g/mol. The summed E-state index contributed by atoms with van der Waals surface area (Å²) in [6.07, 6.45) is 0. The molecule has 4 nitrogen and oxygen atoms in total.